The summed E-state index contributed by atoms with van der Waals surface area (Å²) in [5.41, 5.74) is -2.25. The lowest BCUT2D eigenvalue weighted by molar-refractivity contribution is -0.282. The molecule has 0 aromatic heterocycles. The molecule has 0 unspecified atom stereocenters. The van der Waals surface area contributed by atoms with E-state index < -0.39 is 11.8 Å². The lowest BCUT2D eigenvalue weighted by Crippen LogP contribution is -2.55. The number of aldehydes is 1. The molecule has 0 heterocycles. The van der Waals surface area contributed by atoms with Crippen molar-refractivity contribution >= 4 is 6.29 Å². The maximum Gasteiger partial charge on any atom is 0.417 e. The summed E-state index contributed by atoms with van der Waals surface area (Å²) in [5, 5.41) is 10.2. The fourth-order valence-electron chi connectivity index (χ4n) is 8.13. The number of carbonyl (C=O) groups is 1. The number of fused-ring (bicyclic) bond motifs is 5. The molecule has 0 aromatic rings. The average molecular weight is 386 g/mol. The Morgan fingerprint density at radius 1 is 1.00 bits per heavy atom. The molecule has 4 fully saturated rings. The molecule has 1 N–H and O–H groups in total. The van der Waals surface area contributed by atoms with Crippen molar-refractivity contribution in [1.82, 2.24) is 0 Å². The first-order valence-corrected chi connectivity index (χ1v) is 10.8. The summed E-state index contributed by atoms with van der Waals surface area (Å²) in [5.74, 6) is 2.66. The second kappa shape index (κ2) is 6.47. The maximum absolute atomic E-state index is 13.3. The second-order valence-corrected chi connectivity index (χ2v) is 10.4. The number of hydrogen-bond acceptors (Lipinski definition) is 2. The van der Waals surface area contributed by atoms with Crippen LogP contribution < -0.4 is 0 Å². The summed E-state index contributed by atoms with van der Waals surface area (Å²) in [6.07, 6.45) is 3.19. The van der Waals surface area contributed by atoms with Crippen molar-refractivity contribution in [3.63, 3.8) is 0 Å². The van der Waals surface area contributed by atoms with Gasteiger partial charge in [-0.1, -0.05) is 13.8 Å². The van der Waals surface area contributed by atoms with Gasteiger partial charge in [0, 0.05) is 5.92 Å². The molecule has 0 radical (unpaired) electrons. The Morgan fingerprint density at radius 2 is 1.70 bits per heavy atom. The molecule has 0 amide bonds. The molecule has 2 nitrogen and oxygen atoms in total. The Bertz CT molecular complexity index is 591. The first-order chi connectivity index (χ1) is 12.6. The van der Waals surface area contributed by atoms with Crippen molar-refractivity contribution in [3.8, 4) is 0 Å². The topological polar surface area (TPSA) is 37.3 Å². The van der Waals surface area contributed by atoms with Crippen LogP contribution in [0.2, 0.25) is 0 Å². The van der Waals surface area contributed by atoms with Gasteiger partial charge in [0.2, 0.25) is 0 Å². The van der Waals surface area contributed by atoms with E-state index >= 15 is 0 Å². The Morgan fingerprint density at radius 3 is 2.37 bits per heavy atom. The zero-order valence-electron chi connectivity index (χ0n) is 16.5. The van der Waals surface area contributed by atoms with Crippen molar-refractivity contribution < 1.29 is 23.1 Å². The zero-order valence-corrected chi connectivity index (χ0v) is 16.5. The molecular formula is C22H33F3O2. The highest BCUT2D eigenvalue weighted by Gasteiger charge is 2.62. The number of hydrogen-bond donors (Lipinski definition) is 1. The average Bonchev–Trinajstić information content (AvgIpc) is 2.97. The van der Waals surface area contributed by atoms with Crippen molar-refractivity contribution in [3.05, 3.63) is 0 Å². The summed E-state index contributed by atoms with van der Waals surface area (Å²) in [6, 6.07) is 0. The molecule has 0 aromatic carbocycles. The van der Waals surface area contributed by atoms with E-state index in [1.807, 2.05) is 6.92 Å². The van der Waals surface area contributed by atoms with Crippen molar-refractivity contribution in [2.75, 3.05) is 0 Å². The van der Waals surface area contributed by atoms with E-state index in [0.717, 1.165) is 38.4 Å². The summed E-state index contributed by atoms with van der Waals surface area (Å²) < 4.78 is 40.0. The van der Waals surface area contributed by atoms with Crippen LogP contribution >= 0.6 is 0 Å². The van der Waals surface area contributed by atoms with Gasteiger partial charge in [-0.05, 0) is 98.7 Å². The Balaban J connectivity index is 1.52. The van der Waals surface area contributed by atoms with Gasteiger partial charge in [0.05, 0.1) is 0 Å². The summed E-state index contributed by atoms with van der Waals surface area (Å²) in [7, 11) is 0. The van der Waals surface area contributed by atoms with Gasteiger partial charge in [-0.2, -0.15) is 13.2 Å². The SMILES string of the molecule is C[C@H](C=O)[C@H]1CC[C@H]2[C@@H]3CC[C@@H]4C[C@@](O)(C(F)(F)F)CC[C@@H]4[C@H]3CC[C@]12C. The number of alkyl halides is 3. The van der Waals surface area contributed by atoms with E-state index in [4.69, 9.17) is 0 Å². The van der Waals surface area contributed by atoms with Crippen LogP contribution in [-0.4, -0.2) is 23.2 Å². The van der Waals surface area contributed by atoms with Crippen LogP contribution in [0.4, 0.5) is 13.2 Å². The number of rotatable bonds is 2. The standard InChI is InChI=1S/C22H33F3O2/c1-13(12-26)18-5-6-19-17-4-3-14-11-21(27,22(23,24)25)10-8-15(14)16(17)7-9-20(18,19)2/h12-19,27H,3-11H2,1-2H3/t13-,14-,15+,16-,17-,18-,19+,20-,21-/m1/s1. The molecule has 5 heteroatoms. The lowest BCUT2D eigenvalue weighted by Gasteiger charge is -2.57. The molecule has 4 rings (SSSR count). The highest BCUT2D eigenvalue weighted by molar-refractivity contribution is 5.53. The van der Waals surface area contributed by atoms with Gasteiger partial charge in [0.25, 0.3) is 0 Å². The molecule has 4 aliphatic carbocycles. The monoisotopic (exact) mass is 386 g/mol. The molecule has 4 aliphatic rings. The van der Waals surface area contributed by atoms with Gasteiger partial charge >= 0.3 is 6.18 Å². The van der Waals surface area contributed by atoms with Gasteiger partial charge in [0.15, 0.2) is 5.60 Å². The number of halogens is 3. The minimum atomic E-state index is -4.51. The molecular weight excluding hydrogens is 353 g/mol. The molecule has 154 valence electrons. The van der Waals surface area contributed by atoms with E-state index in [-0.39, 0.29) is 30.1 Å². The first kappa shape index (κ1) is 19.7. The fourth-order valence-corrected chi connectivity index (χ4v) is 8.13. The van der Waals surface area contributed by atoms with Crippen molar-refractivity contribution in [2.45, 2.75) is 83.4 Å². The van der Waals surface area contributed by atoms with E-state index in [9.17, 15) is 23.1 Å². The van der Waals surface area contributed by atoms with Crippen LogP contribution in [-0.2, 0) is 4.79 Å². The molecule has 0 aliphatic heterocycles. The highest BCUT2D eigenvalue weighted by Crippen LogP contribution is 2.66. The van der Waals surface area contributed by atoms with Crippen LogP contribution in [0.5, 0.6) is 0 Å². The van der Waals surface area contributed by atoms with Crippen molar-refractivity contribution in [1.29, 1.82) is 0 Å². The Kier molecular flexibility index (Phi) is 4.72. The second-order valence-electron chi connectivity index (χ2n) is 10.4. The van der Waals surface area contributed by atoms with E-state index in [2.05, 4.69) is 6.92 Å². The normalized spacial score (nSPS) is 51.0. The molecule has 27 heavy (non-hydrogen) atoms. The van der Waals surface area contributed by atoms with Crippen LogP contribution in [0.15, 0.2) is 0 Å². The maximum atomic E-state index is 13.3. The number of aliphatic hydroxyl groups is 1. The fraction of sp³-hybridized carbons (Fsp3) is 0.955. The van der Waals surface area contributed by atoms with Gasteiger partial charge in [-0.15, -0.1) is 0 Å². The predicted octanol–water partition coefficient (Wildman–Crippen LogP) is 5.38. The molecule has 0 saturated heterocycles. The summed E-state index contributed by atoms with van der Waals surface area (Å²) in [6.45, 7) is 4.42. The number of carbonyl (C=O) groups excluding carboxylic acids is 1. The third-order valence-electron chi connectivity index (χ3n) is 9.46. The molecule has 9 atom stereocenters. The molecule has 4 saturated carbocycles. The van der Waals surface area contributed by atoms with Gasteiger partial charge < -0.3 is 9.90 Å². The van der Waals surface area contributed by atoms with Crippen LogP contribution in [0, 0.1) is 46.8 Å². The first-order valence-electron chi connectivity index (χ1n) is 10.8. The van der Waals surface area contributed by atoms with E-state index in [0.29, 0.717) is 36.0 Å². The Labute approximate surface area is 160 Å². The lowest BCUT2D eigenvalue weighted by atomic mass is 9.48. The molecule has 0 bridgehead atoms. The summed E-state index contributed by atoms with van der Waals surface area (Å²) >= 11 is 0. The quantitative estimate of drug-likeness (QED) is 0.647. The Hall–Kier alpha value is -0.580. The third kappa shape index (κ3) is 2.89. The summed E-state index contributed by atoms with van der Waals surface area (Å²) in [4.78, 5) is 11.4. The zero-order chi connectivity index (χ0) is 19.6. The minimum Gasteiger partial charge on any atom is -0.380 e. The molecule has 0 spiro atoms. The minimum absolute atomic E-state index is 0.0158. The predicted molar refractivity (Wildman–Crippen MR) is 96.8 cm³/mol. The highest BCUT2D eigenvalue weighted by atomic mass is 19.4. The third-order valence-corrected chi connectivity index (χ3v) is 9.46. The van der Waals surface area contributed by atoms with Crippen molar-refractivity contribution in [2.24, 2.45) is 46.8 Å². The van der Waals surface area contributed by atoms with E-state index in [1.54, 1.807) is 0 Å². The van der Waals surface area contributed by atoms with Crippen LogP contribution in [0.1, 0.15) is 71.6 Å². The van der Waals surface area contributed by atoms with Crippen LogP contribution in [0.3, 0.4) is 0 Å². The van der Waals surface area contributed by atoms with Gasteiger partial charge in [0.1, 0.15) is 6.29 Å². The van der Waals surface area contributed by atoms with Gasteiger partial charge in [-0.25, -0.2) is 0 Å². The van der Waals surface area contributed by atoms with Gasteiger partial charge in [-0.3, -0.25) is 0 Å². The van der Waals surface area contributed by atoms with E-state index in [1.165, 1.54) is 6.42 Å². The van der Waals surface area contributed by atoms with Crippen LogP contribution in [0.25, 0.3) is 0 Å². The smallest absolute Gasteiger partial charge is 0.380 e. The largest absolute Gasteiger partial charge is 0.417 e.